The van der Waals surface area contributed by atoms with Gasteiger partial charge in [-0.25, -0.2) is 9.97 Å². The van der Waals surface area contributed by atoms with Crippen molar-refractivity contribution in [1.82, 2.24) is 19.5 Å². The lowest BCUT2D eigenvalue weighted by atomic mass is 9.85. The molecule has 0 fully saturated rings. The average Bonchev–Trinajstić information content (AvgIpc) is 3.47. The first-order valence-electron chi connectivity index (χ1n) is 14.4. The van der Waals surface area contributed by atoms with Crippen molar-refractivity contribution >= 4 is 43.5 Å². The molecule has 9 rings (SSSR count). The smallest absolute Gasteiger partial charge is 0.165 e. The van der Waals surface area contributed by atoms with E-state index in [1.807, 2.05) is 12.3 Å². The number of rotatable bonds is 2. The van der Waals surface area contributed by atoms with Gasteiger partial charge in [0.15, 0.2) is 5.82 Å². The maximum Gasteiger partial charge on any atom is 0.165 e. The molecule has 5 aromatic carbocycles. The molecule has 0 radical (unpaired) electrons. The van der Waals surface area contributed by atoms with Gasteiger partial charge in [-0.3, -0.25) is 9.55 Å². The maximum atomic E-state index is 5.57. The van der Waals surface area contributed by atoms with Crippen LogP contribution < -0.4 is 0 Å². The quantitative estimate of drug-likeness (QED) is 0.220. The van der Waals surface area contributed by atoms with Gasteiger partial charge in [0, 0.05) is 38.9 Å². The monoisotopic (exact) mass is 538 g/mol. The van der Waals surface area contributed by atoms with Crippen molar-refractivity contribution in [3.8, 4) is 28.3 Å². The summed E-state index contributed by atoms with van der Waals surface area (Å²) < 4.78 is 2.31. The van der Waals surface area contributed by atoms with Crippen LogP contribution in [0.15, 0.2) is 121 Å². The van der Waals surface area contributed by atoms with Crippen LogP contribution in [0.4, 0.5) is 0 Å². The maximum absolute atomic E-state index is 5.57. The molecule has 198 valence electrons. The summed E-state index contributed by atoms with van der Waals surface area (Å²) in [7, 11) is 0. The summed E-state index contributed by atoms with van der Waals surface area (Å²) in [4.78, 5) is 16.0. The summed E-state index contributed by atoms with van der Waals surface area (Å²) >= 11 is 0. The molecular formula is C38H26N4. The molecule has 3 aromatic heterocycles. The minimum Gasteiger partial charge on any atom is -0.292 e. The summed E-state index contributed by atoms with van der Waals surface area (Å²) in [5.74, 6) is 0.820. The first-order valence-corrected chi connectivity index (χ1v) is 14.4. The zero-order chi connectivity index (χ0) is 28.0. The Morgan fingerprint density at radius 2 is 1.29 bits per heavy atom. The highest BCUT2D eigenvalue weighted by molar-refractivity contribution is 6.14. The van der Waals surface area contributed by atoms with Crippen LogP contribution in [0.5, 0.6) is 0 Å². The van der Waals surface area contributed by atoms with E-state index in [2.05, 4.69) is 128 Å². The van der Waals surface area contributed by atoms with Crippen molar-refractivity contribution in [3.63, 3.8) is 0 Å². The summed E-state index contributed by atoms with van der Waals surface area (Å²) in [6, 6.07) is 40.8. The summed E-state index contributed by atoms with van der Waals surface area (Å²) in [6.07, 6.45) is 1.86. The fraction of sp³-hybridized carbons (Fsp3) is 0.0789. The average molecular weight is 539 g/mol. The molecule has 0 N–H and O–H groups in total. The summed E-state index contributed by atoms with van der Waals surface area (Å²) in [5, 5.41) is 5.90. The van der Waals surface area contributed by atoms with Crippen LogP contribution in [-0.2, 0) is 5.41 Å². The first kappa shape index (κ1) is 23.4. The topological polar surface area (TPSA) is 43.6 Å². The Kier molecular flexibility index (Phi) is 4.64. The van der Waals surface area contributed by atoms with Crippen molar-refractivity contribution in [1.29, 1.82) is 0 Å². The fourth-order valence-electron chi connectivity index (χ4n) is 6.93. The van der Waals surface area contributed by atoms with Crippen LogP contribution in [0.2, 0.25) is 0 Å². The Labute approximate surface area is 242 Å². The third kappa shape index (κ3) is 3.09. The standard InChI is InChI=1S/C38H26N4/c1-38(2)30-18-7-5-16-27(30)34-36(38)40-35(28-17-9-13-23-14-10-20-39-33(23)28)37(41-34)42-31-19-8-6-15-26(31)29-21-24-11-3-4-12-25(24)22-32(29)42/h3-22H,1-2H3. The second kappa shape index (κ2) is 8.34. The molecular weight excluding hydrogens is 512 g/mol. The molecule has 0 amide bonds. The van der Waals surface area contributed by atoms with E-state index in [0.29, 0.717) is 0 Å². The van der Waals surface area contributed by atoms with E-state index in [1.165, 1.54) is 27.1 Å². The normalized spacial score (nSPS) is 13.7. The third-order valence-electron chi connectivity index (χ3n) is 8.96. The number of pyridine rings is 1. The lowest BCUT2D eigenvalue weighted by Gasteiger charge is -2.22. The van der Waals surface area contributed by atoms with Gasteiger partial charge in [-0.15, -0.1) is 0 Å². The van der Waals surface area contributed by atoms with Gasteiger partial charge in [0.25, 0.3) is 0 Å². The number of hydrogen-bond acceptors (Lipinski definition) is 3. The minimum atomic E-state index is -0.277. The number of fused-ring (bicyclic) bond motifs is 8. The van der Waals surface area contributed by atoms with E-state index in [-0.39, 0.29) is 5.41 Å². The van der Waals surface area contributed by atoms with E-state index in [9.17, 15) is 0 Å². The van der Waals surface area contributed by atoms with Crippen LogP contribution >= 0.6 is 0 Å². The molecule has 42 heavy (non-hydrogen) atoms. The van der Waals surface area contributed by atoms with Crippen LogP contribution in [0.3, 0.4) is 0 Å². The van der Waals surface area contributed by atoms with Gasteiger partial charge in [-0.2, -0.15) is 0 Å². The number of aromatic nitrogens is 4. The fourth-order valence-corrected chi connectivity index (χ4v) is 6.93. The van der Waals surface area contributed by atoms with Gasteiger partial charge in [0.05, 0.1) is 27.9 Å². The summed E-state index contributed by atoms with van der Waals surface area (Å²) in [5.41, 5.74) is 9.06. The molecule has 3 heterocycles. The Hall–Kier alpha value is -5.35. The number of benzene rings is 5. The molecule has 0 saturated carbocycles. The first-order chi connectivity index (χ1) is 20.6. The zero-order valence-corrected chi connectivity index (χ0v) is 23.3. The highest BCUT2D eigenvalue weighted by Crippen LogP contribution is 2.49. The van der Waals surface area contributed by atoms with Crippen LogP contribution in [0, 0.1) is 0 Å². The number of hydrogen-bond donors (Lipinski definition) is 0. The molecule has 0 atom stereocenters. The predicted octanol–water partition coefficient (Wildman–Crippen LogP) is 9.25. The SMILES string of the molecule is CC1(C)c2ccccc2-c2nc(-n3c4ccccc4c4cc5ccccc5cc43)c(-c3cccc4cccnc34)nc21. The molecule has 4 heteroatoms. The van der Waals surface area contributed by atoms with Gasteiger partial charge in [-0.05, 0) is 40.6 Å². The van der Waals surface area contributed by atoms with Crippen LogP contribution in [-0.4, -0.2) is 19.5 Å². The highest BCUT2D eigenvalue weighted by atomic mass is 15.1. The van der Waals surface area contributed by atoms with Crippen molar-refractivity contribution in [3.05, 3.63) is 133 Å². The Morgan fingerprint density at radius 1 is 0.571 bits per heavy atom. The van der Waals surface area contributed by atoms with E-state index in [0.717, 1.165) is 56.0 Å². The van der Waals surface area contributed by atoms with Crippen molar-refractivity contribution in [2.24, 2.45) is 0 Å². The van der Waals surface area contributed by atoms with Crippen LogP contribution in [0.1, 0.15) is 25.1 Å². The zero-order valence-electron chi connectivity index (χ0n) is 23.3. The number of para-hydroxylation sites is 2. The molecule has 1 aliphatic carbocycles. The molecule has 0 unspecified atom stereocenters. The molecule has 0 saturated heterocycles. The lowest BCUT2D eigenvalue weighted by Crippen LogP contribution is -2.18. The van der Waals surface area contributed by atoms with Gasteiger partial charge in [0.1, 0.15) is 5.69 Å². The molecule has 4 nitrogen and oxygen atoms in total. The summed E-state index contributed by atoms with van der Waals surface area (Å²) in [6.45, 7) is 4.51. The molecule has 8 aromatic rings. The van der Waals surface area contributed by atoms with Gasteiger partial charge < -0.3 is 0 Å². The van der Waals surface area contributed by atoms with Crippen LogP contribution in [0.25, 0.3) is 71.8 Å². The van der Waals surface area contributed by atoms with E-state index in [4.69, 9.17) is 15.0 Å². The minimum absolute atomic E-state index is 0.277. The Morgan fingerprint density at radius 3 is 2.19 bits per heavy atom. The van der Waals surface area contributed by atoms with E-state index >= 15 is 0 Å². The van der Waals surface area contributed by atoms with Crippen molar-refractivity contribution in [2.75, 3.05) is 0 Å². The van der Waals surface area contributed by atoms with E-state index in [1.54, 1.807) is 0 Å². The second-order valence-electron chi connectivity index (χ2n) is 11.7. The van der Waals surface area contributed by atoms with Crippen molar-refractivity contribution < 1.29 is 0 Å². The highest BCUT2D eigenvalue weighted by Gasteiger charge is 2.39. The van der Waals surface area contributed by atoms with Gasteiger partial charge in [0.2, 0.25) is 0 Å². The molecule has 0 aliphatic heterocycles. The van der Waals surface area contributed by atoms with Gasteiger partial charge >= 0.3 is 0 Å². The second-order valence-corrected chi connectivity index (χ2v) is 11.7. The third-order valence-corrected chi connectivity index (χ3v) is 8.96. The molecule has 1 aliphatic rings. The number of nitrogens with zero attached hydrogens (tertiary/aromatic N) is 4. The predicted molar refractivity (Wildman–Crippen MR) is 172 cm³/mol. The van der Waals surface area contributed by atoms with Crippen molar-refractivity contribution in [2.45, 2.75) is 19.3 Å². The lowest BCUT2D eigenvalue weighted by molar-refractivity contribution is 0.635. The van der Waals surface area contributed by atoms with Gasteiger partial charge in [-0.1, -0.05) is 105 Å². The van der Waals surface area contributed by atoms with E-state index < -0.39 is 0 Å². The Balaban J connectivity index is 1.48. The Bertz CT molecular complexity index is 2390. The molecule has 0 bridgehead atoms. The largest absolute Gasteiger partial charge is 0.292 e. The molecule has 0 spiro atoms.